The van der Waals surface area contributed by atoms with Crippen molar-refractivity contribution in [2.45, 2.75) is 80.0 Å². The van der Waals surface area contributed by atoms with Crippen LogP contribution in [0.3, 0.4) is 0 Å². The predicted molar refractivity (Wildman–Crippen MR) is 113 cm³/mol. The predicted octanol–water partition coefficient (Wildman–Crippen LogP) is 5.41. The number of alkyl halides is 1. The third-order valence-corrected chi connectivity index (χ3v) is 6.31. The number of unbranched alkanes of at least 4 members (excludes halogenated alkanes) is 8. The summed E-state index contributed by atoms with van der Waals surface area (Å²) in [4.78, 5) is -0.0343. The second kappa shape index (κ2) is 14.2. The molecular weight excluding hydrogens is 463 g/mol. The summed E-state index contributed by atoms with van der Waals surface area (Å²) >= 11 is 2.41. The summed E-state index contributed by atoms with van der Waals surface area (Å²) in [7, 11) is -4.08. The van der Waals surface area contributed by atoms with E-state index >= 15 is 0 Å². The van der Waals surface area contributed by atoms with Gasteiger partial charge in [0.05, 0.1) is 4.90 Å². The van der Waals surface area contributed by atoms with Crippen LogP contribution in [-0.4, -0.2) is 50.7 Å². The molecule has 1 unspecified atom stereocenters. The molecule has 1 aromatic rings. The standard InChI is InChI=1S/C18H29IO3S.Ca.2H/c1-2-3-4-5-6-7-8-9-10-11-18(19)16-12-14-17(15-13-16)23(20,21)22;;;/h12-15,18H,2-11H2,1H3,(H,20,21,22);;;. The minimum absolute atomic E-state index is 0. The molecule has 0 spiro atoms. The van der Waals surface area contributed by atoms with Crippen LogP contribution in [0.1, 0.15) is 80.6 Å². The van der Waals surface area contributed by atoms with Crippen LogP contribution in [-0.2, 0) is 10.1 Å². The molecule has 0 heterocycles. The van der Waals surface area contributed by atoms with Crippen molar-refractivity contribution in [2.24, 2.45) is 0 Å². The Morgan fingerprint density at radius 3 is 1.83 bits per heavy atom. The van der Waals surface area contributed by atoms with Gasteiger partial charge in [-0.25, -0.2) is 0 Å². The van der Waals surface area contributed by atoms with E-state index in [-0.39, 0.29) is 42.6 Å². The molecule has 0 radical (unpaired) electrons. The SMILES string of the molecule is CCCCCCCCCCCC(I)c1ccc(S(=O)(=O)O)cc1.[CaH2]. The van der Waals surface area contributed by atoms with Crippen LogP contribution < -0.4 is 0 Å². The van der Waals surface area contributed by atoms with E-state index in [0.29, 0.717) is 3.92 Å². The maximum atomic E-state index is 11.0. The summed E-state index contributed by atoms with van der Waals surface area (Å²) in [5.41, 5.74) is 1.12. The summed E-state index contributed by atoms with van der Waals surface area (Å²) in [6.45, 7) is 2.25. The number of halogens is 1. The average molecular weight is 494 g/mol. The van der Waals surface area contributed by atoms with Crippen molar-refractivity contribution >= 4 is 70.4 Å². The van der Waals surface area contributed by atoms with Gasteiger partial charge in [0, 0.05) is 3.92 Å². The van der Waals surface area contributed by atoms with E-state index in [4.69, 9.17) is 4.55 Å². The van der Waals surface area contributed by atoms with Crippen LogP contribution in [0.2, 0.25) is 0 Å². The Labute approximate surface area is 191 Å². The van der Waals surface area contributed by atoms with Gasteiger partial charge in [-0.15, -0.1) is 0 Å². The molecule has 136 valence electrons. The van der Waals surface area contributed by atoms with Gasteiger partial charge in [-0.05, 0) is 24.1 Å². The number of rotatable bonds is 12. The van der Waals surface area contributed by atoms with Gasteiger partial charge in [0.15, 0.2) is 0 Å². The quantitative estimate of drug-likeness (QED) is 0.139. The van der Waals surface area contributed by atoms with Crippen molar-refractivity contribution in [3.63, 3.8) is 0 Å². The molecule has 24 heavy (non-hydrogen) atoms. The van der Waals surface area contributed by atoms with Crippen LogP contribution >= 0.6 is 22.6 Å². The van der Waals surface area contributed by atoms with Crippen LogP contribution in [0, 0.1) is 0 Å². The number of hydrogen-bond acceptors (Lipinski definition) is 2. The zero-order valence-electron chi connectivity index (χ0n) is 14.0. The first kappa shape index (κ1) is 25.1. The molecule has 0 aromatic heterocycles. The van der Waals surface area contributed by atoms with Crippen molar-refractivity contribution in [1.82, 2.24) is 0 Å². The fourth-order valence-corrected chi connectivity index (χ4v) is 3.99. The van der Waals surface area contributed by atoms with E-state index in [9.17, 15) is 8.42 Å². The zero-order valence-corrected chi connectivity index (χ0v) is 17.0. The molecule has 0 aliphatic carbocycles. The van der Waals surface area contributed by atoms with Crippen molar-refractivity contribution in [2.75, 3.05) is 0 Å². The molecule has 0 saturated heterocycles. The first-order chi connectivity index (χ1) is 10.9. The summed E-state index contributed by atoms with van der Waals surface area (Å²) in [5.74, 6) is 0. The topological polar surface area (TPSA) is 54.4 Å². The first-order valence-electron chi connectivity index (χ1n) is 8.66. The molecule has 1 aromatic carbocycles. The summed E-state index contributed by atoms with van der Waals surface area (Å²) in [6, 6.07) is 6.56. The molecule has 3 nitrogen and oxygen atoms in total. The van der Waals surface area contributed by atoms with Crippen molar-refractivity contribution in [1.29, 1.82) is 0 Å². The molecule has 0 bridgehead atoms. The fourth-order valence-electron chi connectivity index (χ4n) is 2.65. The molecule has 0 amide bonds. The van der Waals surface area contributed by atoms with Gasteiger partial charge in [0.1, 0.15) is 0 Å². The molecule has 1 N–H and O–H groups in total. The molecule has 0 aliphatic heterocycles. The van der Waals surface area contributed by atoms with Crippen LogP contribution in [0.15, 0.2) is 29.2 Å². The van der Waals surface area contributed by atoms with Gasteiger partial charge in [-0.2, -0.15) is 8.42 Å². The Balaban J connectivity index is 0.00000529. The Morgan fingerprint density at radius 1 is 0.917 bits per heavy atom. The van der Waals surface area contributed by atoms with Gasteiger partial charge < -0.3 is 0 Å². The van der Waals surface area contributed by atoms with Crippen molar-refractivity contribution < 1.29 is 13.0 Å². The Kier molecular flexibility index (Phi) is 14.9. The van der Waals surface area contributed by atoms with Crippen LogP contribution in [0.5, 0.6) is 0 Å². The third kappa shape index (κ3) is 11.0. The van der Waals surface area contributed by atoms with E-state index < -0.39 is 10.1 Å². The van der Waals surface area contributed by atoms with Gasteiger partial charge in [0.25, 0.3) is 10.1 Å². The van der Waals surface area contributed by atoms with Gasteiger partial charge in [-0.3, -0.25) is 4.55 Å². The molecule has 0 saturated carbocycles. The van der Waals surface area contributed by atoms with E-state index in [1.165, 1.54) is 69.9 Å². The molecular formula is C18H31CaIO3S. The minimum atomic E-state index is -4.08. The van der Waals surface area contributed by atoms with Crippen molar-refractivity contribution in [3.05, 3.63) is 29.8 Å². The number of hydrogen-bond donors (Lipinski definition) is 1. The average Bonchev–Trinajstić information content (AvgIpc) is 2.52. The second-order valence-corrected chi connectivity index (χ2v) is 9.05. The van der Waals surface area contributed by atoms with E-state index in [1.807, 2.05) is 0 Å². The van der Waals surface area contributed by atoms with Crippen LogP contribution in [0.4, 0.5) is 0 Å². The summed E-state index contributed by atoms with van der Waals surface area (Å²) < 4.78 is 31.4. The first-order valence-corrected chi connectivity index (χ1v) is 11.3. The maximum absolute atomic E-state index is 11.0. The van der Waals surface area contributed by atoms with Gasteiger partial charge in [0.2, 0.25) is 0 Å². The molecule has 0 fully saturated rings. The number of benzene rings is 1. The fraction of sp³-hybridized carbons (Fsp3) is 0.667. The summed E-state index contributed by atoms with van der Waals surface area (Å²) in [5, 5.41) is 0. The monoisotopic (exact) mass is 494 g/mol. The normalized spacial score (nSPS) is 12.6. The summed E-state index contributed by atoms with van der Waals surface area (Å²) in [6.07, 6.45) is 13.1. The second-order valence-electron chi connectivity index (χ2n) is 6.13. The molecule has 6 heteroatoms. The van der Waals surface area contributed by atoms with Crippen LogP contribution in [0.25, 0.3) is 0 Å². The Bertz CT molecular complexity index is 532. The van der Waals surface area contributed by atoms with Crippen molar-refractivity contribution in [3.8, 4) is 0 Å². The van der Waals surface area contributed by atoms with Gasteiger partial charge >= 0.3 is 37.7 Å². The van der Waals surface area contributed by atoms with E-state index in [2.05, 4.69) is 29.5 Å². The molecule has 1 rings (SSSR count). The molecule has 0 aliphatic rings. The van der Waals surface area contributed by atoms with E-state index in [1.54, 1.807) is 12.1 Å². The van der Waals surface area contributed by atoms with E-state index in [0.717, 1.165) is 12.0 Å². The third-order valence-electron chi connectivity index (χ3n) is 4.10. The molecule has 1 atom stereocenters. The Hall–Kier alpha value is 1.12. The van der Waals surface area contributed by atoms with Gasteiger partial charge in [-0.1, -0.05) is 99.4 Å². The zero-order chi connectivity index (χ0) is 17.1. The Morgan fingerprint density at radius 2 is 1.38 bits per heavy atom.